The Morgan fingerprint density at radius 3 is 1.64 bits per heavy atom. The van der Waals surface area contributed by atoms with Gasteiger partial charge in [0.25, 0.3) is 0 Å². The number of nitrogens with zero attached hydrogens (tertiary/aromatic N) is 1. The Morgan fingerprint density at radius 1 is 0.955 bits per heavy atom. The number of carbonyl (C=O) groups is 2. The molecule has 0 radical (unpaired) electrons. The first-order valence-corrected chi connectivity index (χ1v) is 7.78. The maximum atomic E-state index is 12.1. The van der Waals surface area contributed by atoms with Gasteiger partial charge >= 0.3 is 0 Å². The largest absolute Gasteiger partial charge is 0.310 e. The summed E-state index contributed by atoms with van der Waals surface area (Å²) in [5, 5.41) is 5.67. The van der Waals surface area contributed by atoms with Crippen LogP contribution in [0.15, 0.2) is 18.2 Å². The molecule has 0 saturated heterocycles. The van der Waals surface area contributed by atoms with Gasteiger partial charge in [-0.2, -0.15) is 0 Å². The van der Waals surface area contributed by atoms with Crippen LogP contribution in [0.25, 0.3) is 0 Å². The third-order valence-electron chi connectivity index (χ3n) is 4.91. The predicted octanol–water partition coefficient (Wildman–Crippen LogP) is 3.05. The van der Waals surface area contributed by atoms with E-state index in [4.69, 9.17) is 0 Å². The highest BCUT2D eigenvalue weighted by atomic mass is 16.2. The molecule has 0 bridgehead atoms. The number of carbonyl (C=O) groups excluding carboxylic acids is 2. The fraction of sp³-hybridized carbons (Fsp3) is 0.588. The molecule has 2 aliphatic rings. The highest BCUT2D eigenvalue weighted by Crippen LogP contribution is 2.52. The van der Waals surface area contributed by atoms with Gasteiger partial charge in [0, 0.05) is 11.8 Å². The molecule has 2 saturated carbocycles. The summed E-state index contributed by atoms with van der Waals surface area (Å²) in [5.74, 6) is 1.09. The van der Waals surface area contributed by atoms with Crippen molar-refractivity contribution in [2.45, 2.75) is 40.5 Å². The van der Waals surface area contributed by atoms with Gasteiger partial charge in [-0.1, -0.05) is 33.8 Å². The van der Waals surface area contributed by atoms with E-state index in [1.54, 1.807) is 18.2 Å². The van der Waals surface area contributed by atoms with Crippen molar-refractivity contribution in [2.24, 2.45) is 22.7 Å². The maximum Gasteiger partial charge on any atom is 0.229 e. The van der Waals surface area contributed by atoms with Crippen LogP contribution >= 0.6 is 0 Å². The smallest absolute Gasteiger partial charge is 0.229 e. The van der Waals surface area contributed by atoms with Gasteiger partial charge in [0.1, 0.15) is 11.6 Å². The summed E-state index contributed by atoms with van der Waals surface area (Å²) in [5.41, 5.74) is 0.181. The molecule has 1 aromatic heterocycles. The molecule has 2 unspecified atom stereocenters. The third-order valence-corrected chi connectivity index (χ3v) is 4.91. The van der Waals surface area contributed by atoms with Gasteiger partial charge in [-0.3, -0.25) is 9.59 Å². The van der Waals surface area contributed by atoms with Crippen molar-refractivity contribution >= 4 is 23.5 Å². The molecule has 0 aromatic carbocycles. The van der Waals surface area contributed by atoms with E-state index in [1.807, 2.05) is 0 Å². The first-order chi connectivity index (χ1) is 10.2. The number of hydrogen-bond donors (Lipinski definition) is 2. The molecule has 0 aliphatic heterocycles. The number of nitrogens with one attached hydrogen (secondary N) is 2. The predicted molar refractivity (Wildman–Crippen MR) is 85.3 cm³/mol. The lowest BCUT2D eigenvalue weighted by Crippen LogP contribution is -2.19. The Balaban J connectivity index is 1.61. The zero-order valence-electron chi connectivity index (χ0n) is 13.6. The zero-order valence-corrected chi connectivity index (χ0v) is 13.6. The van der Waals surface area contributed by atoms with E-state index in [1.165, 1.54) is 0 Å². The van der Waals surface area contributed by atoms with Crippen molar-refractivity contribution < 1.29 is 9.59 Å². The highest BCUT2D eigenvalue weighted by Gasteiger charge is 2.51. The van der Waals surface area contributed by atoms with Gasteiger partial charge in [0.2, 0.25) is 11.8 Å². The summed E-state index contributed by atoms with van der Waals surface area (Å²) in [6.45, 7) is 8.33. The number of rotatable bonds is 4. The minimum absolute atomic E-state index is 0.00398. The number of aromatic nitrogens is 1. The fourth-order valence-corrected chi connectivity index (χ4v) is 2.83. The number of amides is 2. The molecular weight excluding hydrogens is 278 g/mol. The van der Waals surface area contributed by atoms with Gasteiger partial charge in [-0.25, -0.2) is 4.98 Å². The van der Waals surface area contributed by atoms with Gasteiger partial charge < -0.3 is 10.6 Å². The maximum absolute atomic E-state index is 12.1. The standard InChI is InChI=1S/C17H23N3O2/c1-16(2)8-10(16)14(21)19-12-6-5-7-13(18-12)20-15(22)11-9-17(11,3)4/h5-7,10-11H,8-9H2,1-4H3,(H2,18,19,20,21,22). The van der Waals surface area contributed by atoms with Crippen LogP contribution in [0.4, 0.5) is 11.6 Å². The van der Waals surface area contributed by atoms with Crippen molar-refractivity contribution in [1.82, 2.24) is 4.98 Å². The minimum Gasteiger partial charge on any atom is -0.310 e. The molecule has 3 rings (SSSR count). The van der Waals surface area contributed by atoms with Crippen molar-refractivity contribution in [2.75, 3.05) is 10.6 Å². The zero-order chi connectivity index (χ0) is 16.1. The fourth-order valence-electron chi connectivity index (χ4n) is 2.83. The molecular formula is C17H23N3O2. The Kier molecular flexibility index (Phi) is 3.27. The summed E-state index contributed by atoms with van der Waals surface area (Å²) >= 11 is 0. The second kappa shape index (κ2) is 4.80. The average molecular weight is 301 g/mol. The Bertz CT molecular complexity index is 585. The van der Waals surface area contributed by atoms with Gasteiger partial charge in [0.05, 0.1) is 0 Å². The first kappa shape index (κ1) is 15.0. The van der Waals surface area contributed by atoms with Crippen molar-refractivity contribution in [1.29, 1.82) is 0 Å². The second-order valence-corrected chi connectivity index (χ2v) is 7.88. The van der Waals surface area contributed by atoms with Crippen LogP contribution in [0.2, 0.25) is 0 Å². The topological polar surface area (TPSA) is 71.1 Å². The van der Waals surface area contributed by atoms with E-state index in [-0.39, 0.29) is 34.5 Å². The molecule has 2 atom stereocenters. The van der Waals surface area contributed by atoms with E-state index in [0.29, 0.717) is 11.6 Å². The van der Waals surface area contributed by atoms with Crippen LogP contribution in [0, 0.1) is 22.7 Å². The monoisotopic (exact) mass is 301 g/mol. The van der Waals surface area contributed by atoms with Crippen LogP contribution in [0.1, 0.15) is 40.5 Å². The van der Waals surface area contributed by atoms with Crippen LogP contribution in [-0.2, 0) is 9.59 Å². The summed E-state index contributed by atoms with van der Waals surface area (Å²) < 4.78 is 0. The van der Waals surface area contributed by atoms with Crippen molar-refractivity contribution in [3.05, 3.63) is 18.2 Å². The second-order valence-electron chi connectivity index (χ2n) is 7.88. The molecule has 1 aromatic rings. The lowest BCUT2D eigenvalue weighted by molar-refractivity contribution is -0.118. The molecule has 0 spiro atoms. The Hall–Kier alpha value is -1.91. The van der Waals surface area contributed by atoms with E-state index in [2.05, 4.69) is 43.3 Å². The molecule has 1 heterocycles. The number of hydrogen-bond acceptors (Lipinski definition) is 3. The summed E-state index contributed by atoms with van der Waals surface area (Å²) in [6, 6.07) is 5.27. The summed E-state index contributed by atoms with van der Waals surface area (Å²) in [4.78, 5) is 28.5. The molecule has 2 aliphatic carbocycles. The Labute approximate surface area is 130 Å². The summed E-state index contributed by atoms with van der Waals surface area (Å²) in [7, 11) is 0. The molecule has 2 fully saturated rings. The van der Waals surface area contributed by atoms with Crippen LogP contribution in [-0.4, -0.2) is 16.8 Å². The van der Waals surface area contributed by atoms with Crippen LogP contribution in [0.5, 0.6) is 0 Å². The molecule has 118 valence electrons. The average Bonchev–Trinajstić information content (AvgIpc) is 3.25. The molecule has 2 N–H and O–H groups in total. The molecule has 22 heavy (non-hydrogen) atoms. The van der Waals surface area contributed by atoms with E-state index in [9.17, 15) is 9.59 Å². The van der Waals surface area contributed by atoms with E-state index in [0.717, 1.165) is 12.8 Å². The molecule has 5 nitrogen and oxygen atoms in total. The third kappa shape index (κ3) is 2.98. The van der Waals surface area contributed by atoms with Gasteiger partial charge in [-0.15, -0.1) is 0 Å². The highest BCUT2D eigenvalue weighted by molar-refractivity contribution is 5.96. The van der Waals surface area contributed by atoms with Crippen molar-refractivity contribution in [3.8, 4) is 0 Å². The van der Waals surface area contributed by atoms with E-state index >= 15 is 0 Å². The Morgan fingerprint density at radius 2 is 1.32 bits per heavy atom. The first-order valence-electron chi connectivity index (χ1n) is 7.78. The lowest BCUT2D eigenvalue weighted by atomic mass is 10.1. The normalized spacial score (nSPS) is 26.9. The van der Waals surface area contributed by atoms with Crippen LogP contribution in [0.3, 0.4) is 0 Å². The molecule has 2 amide bonds. The minimum atomic E-state index is 0.00398. The molecule has 5 heteroatoms. The lowest BCUT2D eigenvalue weighted by Gasteiger charge is -2.09. The van der Waals surface area contributed by atoms with Gasteiger partial charge in [0.15, 0.2) is 0 Å². The van der Waals surface area contributed by atoms with Crippen LogP contribution < -0.4 is 10.6 Å². The number of pyridine rings is 1. The number of anilines is 2. The van der Waals surface area contributed by atoms with E-state index < -0.39 is 0 Å². The summed E-state index contributed by atoms with van der Waals surface area (Å²) in [6.07, 6.45) is 1.82. The SMILES string of the molecule is CC1(C)CC1C(=O)Nc1cccc(NC(=O)C2CC2(C)C)n1. The van der Waals surface area contributed by atoms with Gasteiger partial charge in [-0.05, 0) is 35.8 Å². The quantitative estimate of drug-likeness (QED) is 0.898. The van der Waals surface area contributed by atoms with Crippen molar-refractivity contribution in [3.63, 3.8) is 0 Å².